The van der Waals surface area contributed by atoms with E-state index < -0.39 is 11.8 Å². The van der Waals surface area contributed by atoms with Crippen molar-refractivity contribution in [2.45, 2.75) is 0 Å². The number of methoxy groups -OCH3 is 2. The van der Waals surface area contributed by atoms with Gasteiger partial charge in [0.05, 0.1) is 31.0 Å². The number of benzene rings is 2. The molecular weight excluding hydrogens is 450 g/mol. The summed E-state index contributed by atoms with van der Waals surface area (Å²) in [4.78, 5) is 26.2. The highest BCUT2D eigenvalue weighted by Crippen LogP contribution is 2.23. The van der Waals surface area contributed by atoms with Crippen LogP contribution in [0.3, 0.4) is 0 Å². The highest BCUT2D eigenvalue weighted by Gasteiger charge is 2.16. The minimum absolute atomic E-state index is 0.0243. The summed E-state index contributed by atoms with van der Waals surface area (Å²) in [5, 5.41) is 8.76. The number of hydrogen-bond donors (Lipinski definition) is 2. The summed E-state index contributed by atoms with van der Waals surface area (Å²) in [7, 11) is 3.08. The van der Waals surface area contributed by atoms with Gasteiger partial charge in [-0.25, -0.2) is 5.43 Å². The first-order valence-electron chi connectivity index (χ1n) is 9.38. The van der Waals surface area contributed by atoms with E-state index in [1.54, 1.807) is 55.7 Å². The van der Waals surface area contributed by atoms with Crippen molar-refractivity contribution in [3.63, 3.8) is 0 Å². The Kier molecular flexibility index (Phi) is 8.02. The van der Waals surface area contributed by atoms with Gasteiger partial charge in [0.25, 0.3) is 11.8 Å². The number of carbonyl (C=O) groups is 2. The van der Waals surface area contributed by atoms with Crippen molar-refractivity contribution in [2.75, 3.05) is 14.2 Å². The van der Waals surface area contributed by atoms with Gasteiger partial charge in [-0.05, 0) is 41.8 Å². The number of hydrogen-bond acceptors (Lipinski definition) is 6. The summed E-state index contributed by atoms with van der Waals surface area (Å²) in [5.74, 6) is 0.0621. The summed E-state index contributed by atoms with van der Waals surface area (Å²) in [6, 6.07) is 15.5. The average molecular weight is 470 g/mol. The summed E-state index contributed by atoms with van der Waals surface area (Å²) in [6.07, 6.45) is 3.01. The molecule has 1 aromatic heterocycles. The van der Waals surface area contributed by atoms with Crippen LogP contribution in [0.4, 0.5) is 0 Å². The van der Waals surface area contributed by atoms with E-state index in [-0.39, 0.29) is 16.3 Å². The molecule has 0 aliphatic heterocycles. The predicted octanol–water partition coefficient (Wildman–Crippen LogP) is 4.34. The molecule has 2 N–H and O–H groups in total. The lowest BCUT2D eigenvalue weighted by atomic mass is 10.2. The minimum atomic E-state index is -0.595. The van der Waals surface area contributed by atoms with E-state index >= 15 is 0 Å². The molecule has 0 atom stereocenters. The number of carbonyl (C=O) groups excluding carboxylic acids is 2. The number of nitrogens with zero attached hydrogens (tertiary/aromatic N) is 1. The summed E-state index contributed by atoms with van der Waals surface area (Å²) in [6.45, 7) is 0. The van der Waals surface area contributed by atoms with Gasteiger partial charge < -0.3 is 14.8 Å². The summed E-state index contributed by atoms with van der Waals surface area (Å²) in [5.41, 5.74) is 3.34. The molecule has 0 aliphatic rings. The number of hydrazone groups is 1. The molecule has 9 heteroatoms. The highest BCUT2D eigenvalue weighted by atomic mass is 35.5. The van der Waals surface area contributed by atoms with E-state index in [9.17, 15) is 9.59 Å². The molecule has 0 unspecified atom stereocenters. The van der Waals surface area contributed by atoms with Gasteiger partial charge >= 0.3 is 0 Å². The third kappa shape index (κ3) is 5.96. The monoisotopic (exact) mass is 469 g/mol. The number of nitrogens with one attached hydrogen (secondary N) is 2. The minimum Gasteiger partial charge on any atom is -0.497 e. The van der Waals surface area contributed by atoms with Gasteiger partial charge in [-0.3, -0.25) is 9.59 Å². The fourth-order valence-corrected chi connectivity index (χ4v) is 3.53. The van der Waals surface area contributed by atoms with E-state index in [0.29, 0.717) is 17.1 Å². The lowest BCUT2D eigenvalue weighted by Gasteiger charge is -2.10. The van der Waals surface area contributed by atoms with Gasteiger partial charge in [0.15, 0.2) is 0 Å². The molecule has 1 heterocycles. The second kappa shape index (κ2) is 11.1. The molecule has 7 nitrogen and oxygen atoms in total. The average Bonchev–Trinajstić information content (AvgIpc) is 3.32. The Hall–Kier alpha value is -3.62. The van der Waals surface area contributed by atoms with Gasteiger partial charge in [-0.2, -0.15) is 5.10 Å². The number of ether oxygens (including phenoxy) is 2. The van der Waals surface area contributed by atoms with Crippen molar-refractivity contribution in [3.8, 4) is 11.5 Å². The van der Waals surface area contributed by atoms with Crippen LogP contribution in [-0.4, -0.2) is 32.2 Å². The van der Waals surface area contributed by atoms with Crippen molar-refractivity contribution in [1.29, 1.82) is 0 Å². The van der Waals surface area contributed by atoms with Gasteiger partial charge in [-0.1, -0.05) is 29.8 Å². The second-order valence-corrected chi connectivity index (χ2v) is 7.70. The van der Waals surface area contributed by atoms with E-state index in [1.807, 2.05) is 17.5 Å². The lowest BCUT2D eigenvalue weighted by molar-refractivity contribution is -0.117. The van der Waals surface area contributed by atoms with Crippen molar-refractivity contribution in [3.05, 3.63) is 86.7 Å². The predicted molar refractivity (Wildman–Crippen MR) is 126 cm³/mol. The molecule has 2 amide bonds. The number of halogens is 1. The first-order valence-corrected chi connectivity index (χ1v) is 10.6. The quantitative estimate of drug-likeness (QED) is 0.292. The molecule has 3 rings (SSSR count). The van der Waals surface area contributed by atoms with Crippen molar-refractivity contribution >= 4 is 47.0 Å². The highest BCUT2D eigenvalue weighted by molar-refractivity contribution is 7.10. The van der Waals surface area contributed by atoms with Crippen LogP contribution in [0.15, 0.2) is 70.8 Å². The van der Waals surface area contributed by atoms with Gasteiger partial charge in [0.2, 0.25) is 0 Å². The van der Waals surface area contributed by atoms with Crippen LogP contribution >= 0.6 is 22.9 Å². The Morgan fingerprint density at radius 3 is 2.56 bits per heavy atom. The van der Waals surface area contributed by atoms with Crippen molar-refractivity contribution in [1.82, 2.24) is 10.7 Å². The normalized spacial score (nSPS) is 11.3. The molecule has 0 saturated carbocycles. The fourth-order valence-electron chi connectivity index (χ4n) is 2.65. The molecule has 0 fully saturated rings. The van der Waals surface area contributed by atoms with E-state index in [2.05, 4.69) is 15.8 Å². The maximum absolute atomic E-state index is 12.8. The van der Waals surface area contributed by atoms with Crippen LogP contribution in [0.2, 0.25) is 5.02 Å². The van der Waals surface area contributed by atoms with E-state index in [1.165, 1.54) is 24.7 Å². The molecule has 0 bridgehead atoms. The van der Waals surface area contributed by atoms with Crippen LogP contribution < -0.4 is 20.2 Å². The lowest BCUT2D eigenvalue weighted by Crippen LogP contribution is -2.33. The molecular formula is C23H20ClN3O4S. The zero-order chi connectivity index (χ0) is 22.9. The molecule has 0 saturated heterocycles. The molecule has 32 heavy (non-hydrogen) atoms. The summed E-state index contributed by atoms with van der Waals surface area (Å²) >= 11 is 7.53. The smallest absolute Gasteiger partial charge is 0.287 e. The molecule has 164 valence electrons. The van der Waals surface area contributed by atoms with Gasteiger partial charge in [0, 0.05) is 16.5 Å². The third-order valence-electron chi connectivity index (χ3n) is 4.25. The standard InChI is InChI=1S/C23H20ClN3O4S/c1-30-16-10-9-15(21(12-16)31-2)14-25-27-23(29)20(13-17-6-5-11-32-17)26-22(28)18-7-3-4-8-19(18)24/h3-14H,1-2H3,(H,26,28)(H,27,29)/b20-13-,25-14?. The van der Waals surface area contributed by atoms with Crippen molar-refractivity contribution < 1.29 is 19.1 Å². The first-order chi connectivity index (χ1) is 15.5. The molecule has 3 aromatic rings. The zero-order valence-electron chi connectivity index (χ0n) is 17.3. The molecule has 0 aliphatic carbocycles. The molecule has 2 aromatic carbocycles. The largest absolute Gasteiger partial charge is 0.497 e. The van der Waals surface area contributed by atoms with Crippen LogP contribution in [0, 0.1) is 0 Å². The molecule has 0 spiro atoms. The van der Waals surface area contributed by atoms with Crippen molar-refractivity contribution in [2.24, 2.45) is 5.10 Å². The SMILES string of the molecule is COc1ccc(C=NNC(=O)/C(=C/c2cccs2)NC(=O)c2ccccc2Cl)c(OC)c1. The second-order valence-electron chi connectivity index (χ2n) is 6.31. The summed E-state index contributed by atoms with van der Waals surface area (Å²) < 4.78 is 10.5. The third-order valence-corrected chi connectivity index (χ3v) is 5.40. The molecule has 0 radical (unpaired) electrons. The Morgan fingerprint density at radius 2 is 1.88 bits per heavy atom. The maximum atomic E-state index is 12.8. The number of rotatable bonds is 8. The van der Waals surface area contributed by atoms with E-state index in [4.69, 9.17) is 21.1 Å². The van der Waals surface area contributed by atoms with Crippen LogP contribution in [-0.2, 0) is 4.79 Å². The van der Waals surface area contributed by atoms with E-state index in [0.717, 1.165) is 4.88 Å². The van der Waals surface area contributed by atoms with Gasteiger partial charge in [-0.15, -0.1) is 11.3 Å². The first kappa shape index (κ1) is 23.1. The Morgan fingerprint density at radius 1 is 1.06 bits per heavy atom. The fraction of sp³-hybridized carbons (Fsp3) is 0.0870. The number of amides is 2. The zero-order valence-corrected chi connectivity index (χ0v) is 18.9. The Balaban J connectivity index is 1.78. The maximum Gasteiger partial charge on any atom is 0.287 e. The van der Waals surface area contributed by atoms with Gasteiger partial charge in [0.1, 0.15) is 17.2 Å². The topological polar surface area (TPSA) is 89.0 Å². The van der Waals surface area contributed by atoms with Crippen LogP contribution in [0.25, 0.3) is 6.08 Å². The van der Waals surface area contributed by atoms with Crippen LogP contribution in [0.1, 0.15) is 20.8 Å². The Labute approximate surface area is 194 Å². The van der Waals surface area contributed by atoms with Crippen LogP contribution in [0.5, 0.6) is 11.5 Å². The number of thiophene rings is 1. The Bertz CT molecular complexity index is 1160.